The molecule has 0 fully saturated rings. The molecule has 1 aromatic carbocycles. The Morgan fingerprint density at radius 3 is 2.07 bits per heavy atom. The van der Waals surface area contributed by atoms with E-state index in [4.69, 9.17) is 10.2 Å². The molecule has 1 aromatic rings. The highest BCUT2D eigenvalue weighted by Gasteiger charge is 2.11. The van der Waals surface area contributed by atoms with Gasteiger partial charge in [0.15, 0.2) is 0 Å². The lowest BCUT2D eigenvalue weighted by Gasteiger charge is -2.00. The zero-order chi connectivity index (χ0) is 11.4. The van der Waals surface area contributed by atoms with Crippen molar-refractivity contribution in [1.82, 2.24) is 0 Å². The third kappa shape index (κ3) is 2.91. The van der Waals surface area contributed by atoms with Gasteiger partial charge in [-0.1, -0.05) is 12.1 Å². The Balaban J connectivity index is 3.16. The van der Waals surface area contributed by atoms with Crippen molar-refractivity contribution in [1.29, 1.82) is 0 Å². The Morgan fingerprint density at radius 2 is 1.67 bits per heavy atom. The summed E-state index contributed by atoms with van der Waals surface area (Å²) in [6.07, 6.45) is 0.565. The van der Waals surface area contributed by atoms with E-state index < -0.39 is 17.8 Å². The van der Waals surface area contributed by atoms with Gasteiger partial charge in [0.2, 0.25) is 0 Å². The summed E-state index contributed by atoms with van der Waals surface area (Å²) in [4.78, 5) is 21.0. The molecule has 5 heteroatoms. The number of rotatable bonds is 3. The van der Waals surface area contributed by atoms with E-state index in [-0.39, 0.29) is 11.1 Å². The van der Waals surface area contributed by atoms with Crippen molar-refractivity contribution in [2.24, 2.45) is 0 Å². The van der Waals surface area contributed by atoms with Crippen LogP contribution in [0.1, 0.15) is 5.56 Å². The lowest BCUT2D eigenvalue weighted by atomic mass is 10.1. The Bertz CT molecular complexity index is 420. The van der Waals surface area contributed by atoms with Crippen LogP contribution in [0.3, 0.4) is 0 Å². The molecular formula is C10H7FO4. The molecular weight excluding hydrogens is 203 g/mol. The second-order valence-electron chi connectivity index (χ2n) is 2.71. The van der Waals surface area contributed by atoms with Crippen LogP contribution < -0.4 is 0 Å². The van der Waals surface area contributed by atoms with E-state index in [1.165, 1.54) is 12.1 Å². The summed E-state index contributed by atoms with van der Waals surface area (Å²) in [7, 11) is 0. The molecule has 0 amide bonds. The van der Waals surface area contributed by atoms with E-state index in [0.29, 0.717) is 6.08 Å². The number of carboxylic acids is 2. The molecule has 2 N–H and O–H groups in total. The molecule has 0 unspecified atom stereocenters. The molecule has 0 aliphatic carbocycles. The van der Waals surface area contributed by atoms with Crippen LogP contribution in [-0.4, -0.2) is 22.2 Å². The number of halogens is 1. The number of hydrogen-bond acceptors (Lipinski definition) is 2. The molecule has 0 saturated heterocycles. The largest absolute Gasteiger partial charge is 0.478 e. The molecule has 0 aromatic heterocycles. The van der Waals surface area contributed by atoms with Gasteiger partial charge in [-0.05, 0) is 17.7 Å². The van der Waals surface area contributed by atoms with Gasteiger partial charge in [0.1, 0.15) is 5.82 Å². The minimum Gasteiger partial charge on any atom is -0.478 e. The van der Waals surface area contributed by atoms with E-state index in [1.807, 2.05) is 0 Å². The SMILES string of the molecule is O=C(O)/C=C(\C(=O)O)c1ccc(F)cc1. The van der Waals surface area contributed by atoms with Crippen LogP contribution in [0.4, 0.5) is 4.39 Å². The van der Waals surface area contributed by atoms with Gasteiger partial charge >= 0.3 is 11.9 Å². The molecule has 78 valence electrons. The van der Waals surface area contributed by atoms with Gasteiger partial charge in [0.05, 0.1) is 5.57 Å². The molecule has 1 rings (SSSR count). The molecule has 0 aliphatic rings. The highest BCUT2D eigenvalue weighted by Crippen LogP contribution is 2.15. The molecule has 0 atom stereocenters. The fourth-order valence-electron chi connectivity index (χ4n) is 1.02. The average Bonchev–Trinajstić information content (AvgIpc) is 2.15. The van der Waals surface area contributed by atoms with Gasteiger partial charge in [-0.15, -0.1) is 0 Å². The predicted octanol–water partition coefficient (Wildman–Crippen LogP) is 1.38. The summed E-state index contributed by atoms with van der Waals surface area (Å²) in [6.45, 7) is 0. The summed E-state index contributed by atoms with van der Waals surface area (Å²) in [5, 5.41) is 17.2. The van der Waals surface area contributed by atoms with Gasteiger partial charge in [-0.3, -0.25) is 0 Å². The summed E-state index contributed by atoms with van der Waals surface area (Å²) < 4.78 is 12.5. The highest BCUT2D eigenvalue weighted by molar-refractivity contribution is 6.19. The Hall–Kier alpha value is -2.17. The standard InChI is InChI=1S/C10H7FO4/c11-7-3-1-6(2-4-7)8(10(14)15)5-9(12)13/h1-5H,(H,12,13)(H,14,15)/b8-5-. The van der Waals surface area contributed by atoms with Crippen molar-refractivity contribution in [3.63, 3.8) is 0 Å². The minimum absolute atomic E-state index is 0.145. The second kappa shape index (κ2) is 4.36. The Labute approximate surface area is 84.3 Å². The zero-order valence-corrected chi connectivity index (χ0v) is 7.48. The van der Waals surface area contributed by atoms with Crippen molar-refractivity contribution in [2.45, 2.75) is 0 Å². The third-order valence-electron chi connectivity index (χ3n) is 1.65. The number of carbonyl (C=O) groups is 2. The first kappa shape index (κ1) is 10.9. The van der Waals surface area contributed by atoms with Crippen LogP contribution >= 0.6 is 0 Å². The van der Waals surface area contributed by atoms with Gasteiger partial charge in [-0.25, -0.2) is 14.0 Å². The average molecular weight is 210 g/mol. The maximum absolute atomic E-state index is 12.5. The van der Waals surface area contributed by atoms with Crippen molar-refractivity contribution in [3.8, 4) is 0 Å². The van der Waals surface area contributed by atoms with Crippen LogP contribution in [0, 0.1) is 5.82 Å². The Morgan fingerprint density at radius 1 is 1.13 bits per heavy atom. The van der Waals surface area contributed by atoms with Crippen LogP contribution in [0.25, 0.3) is 5.57 Å². The van der Waals surface area contributed by atoms with E-state index in [2.05, 4.69) is 0 Å². The molecule has 0 bridgehead atoms. The first-order valence-corrected chi connectivity index (χ1v) is 3.94. The van der Waals surface area contributed by atoms with Crippen molar-refractivity contribution >= 4 is 17.5 Å². The van der Waals surface area contributed by atoms with Gasteiger partial charge in [0.25, 0.3) is 0 Å². The molecule has 15 heavy (non-hydrogen) atoms. The second-order valence-corrected chi connectivity index (χ2v) is 2.71. The molecule has 0 saturated carbocycles. The van der Waals surface area contributed by atoms with Gasteiger partial charge in [0, 0.05) is 6.08 Å². The number of carboxylic acid groups (broad SMARTS) is 2. The fourth-order valence-corrected chi connectivity index (χ4v) is 1.02. The predicted molar refractivity (Wildman–Crippen MR) is 49.6 cm³/mol. The maximum atomic E-state index is 12.5. The number of benzene rings is 1. The number of hydrogen-bond donors (Lipinski definition) is 2. The topological polar surface area (TPSA) is 74.6 Å². The monoisotopic (exact) mass is 210 g/mol. The van der Waals surface area contributed by atoms with Crippen molar-refractivity contribution in [2.75, 3.05) is 0 Å². The van der Waals surface area contributed by atoms with Crippen molar-refractivity contribution in [3.05, 3.63) is 41.7 Å². The Kier molecular flexibility index (Phi) is 3.17. The first-order valence-electron chi connectivity index (χ1n) is 3.94. The first-order chi connectivity index (χ1) is 7.00. The van der Waals surface area contributed by atoms with Crippen molar-refractivity contribution < 1.29 is 24.2 Å². The van der Waals surface area contributed by atoms with Crippen LogP contribution in [0.2, 0.25) is 0 Å². The van der Waals surface area contributed by atoms with Gasteiger partial charge in [-0.2, -0.15) is 0 Å². The fraction of sp³-hybridized carbons (Fsp3) is 0. The molecule has 0 heterocycles. The molecule has 0 aliphatic heterocycles. The van der Waals surface area contributed by atoms with E-state index in [1.54, 1.807) is 0 Å². The van der Waals surface area contributed by atoms with E-state index >= 15 is 0 Å². The summed E-state index contributed by atoms with van der Waals surface area (Å²) in [6, 6.07) is 4.54. The zero-order valence-electron chi connectivity index (χ0n) is 7.48. The molecule has 0 spiro atoms. The van der Waals surface area contributed by atoms with Crippen LogP contribution in [-0.2, 0) is 9.59 Å². The smallest absolute Gasteiger partial charge is 0.336 e. The molecule has 4 nitrogen and oxygen atoms in total. The highest BCUT2D eigenvalue weighted by atomic mass is 19.1. The number of aliphatic carboxylic acids is 2. The lowest BCUT2D eigenvalue weighted by Crippen LogP contribution is -2.03. The normalized spacial score (nSPS) is 11.1. The van der Waals surface area contributed by atoms with E-state index in [9.17, 15) is 14.0 Å². The van der Waals surface area contributed by atoms with Crippen LogP contribution in [0.5, 0.6) is 0 Å². The van der Waals surface area contributed by atoms with E-state index in [0.717, 1.165) is 12.1 Å². The summed E-state index contributed by atoms with van der Waals surface area (Å²) in [5.41, 5.74) is -0.242. The summed E-state index contributed by atoms with van der Waals surface area (Å²) >= 11 is 0. The minimum atomic E-state index is -1.37. The van der Waals surface area contributed by atoms with Crippen LogP contribution in [0.15, 0.2) is 30.3 Å². The third-order valence-corrected chi connectivity index (χ3v) is 1.65. The maximum Gasteiger partial charge on any atom is 0.336 e. The van der Waals surface area contributed by atoms with Gasteiger partial charge < -0.3 is 10.2 Å². The lowest BCUT2D eigenvalue weighted by molar-refractivity contribution is -0.133. The molecule has 0 radical (unpaired) electrons. The summed E-state index contributed by atoms with van der Waals surface area (Å²) in [5.74, 6) is -3.25. The quantitative estimate of drug-likeness (QED) is 0.739.